The van der Waals surface area contributed by atoms with Crippen molar-refractivity contribution in [3.05, 3.63) is 12.7 Å². The molecule has 1 aliphatic heterocycles. The van der Waals surface area contributed by atoms with Gasteiger partial charge in [0.1, 0.15) is 12.6 Å². The summed E-state index contributed by atoms with van der Waals surface area (Å²) in [7, 11) is 0. The molecule has 0 spiro atoms. The summed E-state index contributed by atoms with van der Waals surface area (Å²) < 4.78 is 7.92. The number of nitrogens with zero attached hydrogens (tertiary/aromatic N) is 4. The van der Waals surface area contributed by atoms with Crippen molar-refractivity contribution in [2.45, 2.75) is 63.6 Å². The van der Waals surface area contributed by atoms with E-state index in [0.29, 0.717) is 6.04 Å². The van der Waals surface area contributed by atoms with Crippen LogP contribution in [0.3, 0.4) is 0 Å². The molecule has 2 aliphatic rings. The van der Waals surface area contributed by atoms with E-state index in [9.17, 15) is 0 Å². The third-order valence-electron chi connectivity index (χ3n) is 4.77. The third kappa shape index (κ3) is 2.67. The van der Waals surface area contributed by atoms with Crippen molar-refractivity contribution in [2.75, 3.05) is 11.9 Å². The van der Waals surface area contributed by atoms with Crippen molar-refractivity contribution in [1.29, 1.82) is 0 Å². The zero-order valence-corrected chi connectivity index (χ0v) is 12.9. The Kier molecular flexibility index (Phi) is 3.93. The summed E-state index contributed by atoms with van der Waals surface area (Å²) in [5, 5.41) is 3.57. The molecule has 1 unspecified atom stereocenters. The Morgan fingerprint density at radius 3 is 2.68 bits per heavy atom. The van der Waals surface area contributed by atoms with Gasteiger partial charge in [0.15, 0.2) is 17.0 Å². The van der Waals surface area contributed by atoms with E-state index in [-0.39, 0.29) is 6.23 Å². The molecule has 1 atom stereocenters. The van der Waals surface area contributed by atoms with E-state index in [1.807, 2.05) is 6.33 Å². The highest BCUT2D eigenvalue weighted by molar-refractivity contribution is 5.82. The first-order valence-electron chi connectivity index (χ1n) is 8.47. The van der Waals surface area contributed by atoms with Gasteiger partial charge in [-0.1, -0.05) is 19.3 Å². The fourth-order valence-electron chi connectivity index (χ4n) is 3.55. The van der Waals surface area contributed by atoms with Gasteiger partial charge in [0, 0.05) is 12.6 Å². The topological polar surface area (TPSA) is 64.9 Å². The lowest BCUT2D eigenvalue weighted by molar-refractivity contribution is -0.0298. The summed E-state index contributed by atoms with van der Waals surface area (Å²) in [6.45, 7) is 0.822. The first-order chi connectivity index (χ1) is 10.9. The molecule has 1 saturated carbocycles. The number of aromatic nitrogens is 4. The molecular formula is C16H23N5O. The van der Waals surface area contributed by atoms with Gasteiger partial charge in [-0.3, -0.25) is 4.57 Å². The van der Waals surface area contributed by atoms with Gasteiger partial charge < -0.3 is 10.1 Å². The molecule has 6 heteroatoms. The first kappa shape index (κ1) is 13.9. The van der Waals surface area contributed by atoms with E-state index < -0.39 is 0 Å². The van der Waals surface area contributed by atoms with Crippen LogP contribution in [0, 0.1) is 0 Å². The summed E-state index contributed by atoms with van der Waals surface area (Å²) in [6.07, 6.45) is 13.3. The van der Waals surface area contributed by atoms with Gasteiger partial charge in [-0.2, -0.15) is 0 Å². The van der Waals surface area contributed by atoms with Crippen molar-refractivity contribution in [1.82, 2.24) is 19.5 Å². The second-order valence-corrected chi connectivity index (χ2v) is 6.35. The van der Waals surface area contributed by atoms with Crippen molar-refractivity contribution in [3.8, 4) is 0 Å². The predicted octanol–water partition coefficient (Wildman–Crippen LogP) is 3.27. The molecule has 1 aliphatic carbocycles. The normalized spacial score (nSPS) is 23.7. The Morgan fingerprint density at radius 2 is 1.86 bits per heavy atom. The highest BCUT2D eigenvalue weighted by Crippen LogP contribution is 2.28. The summed E-state index contributed by atoms with van der Waals surface area (Å²) in [4.78, 5) is 13.4. The minimum atomic E-state index is 0.0659. The number of fused-ring (bicyclic) bond motifs is 1. The fourth-order valence-corrected chi connectivity index (χ4v) is 3.55. The quantitative estimate of drug-likeness (QED) is 0.942. The predicted molar refractivity (Wildman–Crippen MR) is 84.7 cm³/mol. The Labute approximate surface area is 130 Å². The molecule has 118 valence electrons. The second-order valence-electron chi connectivity index (χ2n) is 6.35. The molecule has 22 heavy (non-hydrogen) atoms. The Morgan fingerprint density at radius 1 is 1.00 bits per heavy atom. The zero-order valence-electron chi connectivity index (χ0n) is 12.9. The van der Waals surface area contributed by atoms with Gasteiger partial charge in [0.05, 0.1) is 6.33 Å². The highest BCUT2D eigenvalue weighted by Gasteiger charge is 2.21. The van der Waals surface area contributed by atoms with Crippen LogP contribution in [0.2, 0.25) is 0 Å². The molecule has 6 nitrogen and oxygen atoms in total. The molecule has 4 rings (SSSR count). The van der Waals surface area contributed by atoms with Crippen LogP contribution in [-0.2, 0) is 4.74 Å². The molecule has 2 aromatic heterocycles. The lowest BCUT2D eigenvalue weighted by Crippen LogP contribution is -2.23. The summed E-state index contributed by atoms with van der Waals surface area (Å²) in [6, 6.07) is 0.517. The van der Waals surface area contributed by atoms with Crippen molar-refractivity contribution in [2.24, 2.45) is 0 Å². The maximum atomic E-state index is 5.86. The van der Waals surface area contributed by atoms with Gasteiger partial charge in [-0.25, -0.2) is 15.0 Å². The van der Waals surface area contributed by atoms with Crippen LogP contribution < -0.4 is 5.32 Å². The SMILES string of the molecule is c1nc(NC2CCCCC2)c2ncn(C3CCCCO3)c2n1. The average Bonchev–Trinajstić information content (AvgIpc) is 3.02. The summed E-state index contributed by atoms with van der Waals surface area (Å²) >= 11 is 0. The van der Waals surface area contributed by atoms with E-state index in [4.69, 9.17) is 4.74 Å². The van der Waals surface area contributed by atoms with Gasteiger partial charge in [-0.05, 0) is 32.1 Å². The standard InChI is InChI=1S/C16H23N5O/c1-2-6-12(7-3-1)20-15-14-16(18-10-17-15)21(11-19-14)13-8-4-5-9-22-13/h10-13H,1-9H2,(H,17,18,20). The molecule has 0 amide bonds. The molecule has 0 aromatic carbocycles. The van der Waals surface area contributed by atoms with Gasteiger partial charge in [0.25, 0.3) is 0 Å². The number of hydrogen-bond acceptors (Lipinski definition) is 5. The first-order valence-corrected chi connectivity index (χ1v) is 8.47. The number of nitrogens with one attached hydrogen (secondary N) is 1. The lowest BCUT2D eigenvalue weighted by Gasteiger charge is -2.24. The highest BCUT2D eigenvalue weighted by atomic mass is 16.5. The fraction of sp³-hybridized carbons (Fsp3) is 0.688. The monoisotopic (exact) mass is 301 g/mol. The Hall–Kier alpha value is -1.69. The Balaban J connectivity index is 1.61. The van der Waals surface area contributed by atoms with Crippen LogP contribution in [0.25, 0.3) is 11.2 Å². The molecule has 2 aromatic rings. The molecule has 3 heterocycles. The van der Waals surface area contributed by atoms with Crippen LogP contribution in [0.4, 0.5) is 5.82 Å². The van der Waals surface area contributed by atoms with E-state index in [1.54, 1.807) is 6.33 Å². The van der Waals surface area contributed by atoms with E-state index in [2.05, 4.69) is 24.8 Å². The maximum Gasteiger partial charge on any atom is 0.167 e. The molecule has 1 saturated heterocycles. The Bertz CT molecular complexity index is 628. The summed E-state index contributed by atoms with van der Waals surface area (Å²) in [5.74, 6) is 0.867. The maximum absolute atomic E-state index is 5.86. The van der Waals surface area contributed by atoms with Crippen molar-refractivity contribution >= 4 is 17.0 Å². The smallest absolute Gasteiger partial charge is 0.167 e. The minimum absolute atomic E-state index is 0.0659. The lowest BCUT2D eigenvalue weighted by atomic mass is 9.95. The molecule has 0 bridgehead atoms. The number of rotatable bonds is 3. The van der Waals surface area contributed by atoms with Gasteiger partial charge in [0.2, 0.25) is 0 Å². The number of hydrogen-bond donors (Lipinski definition) is 1. The summed E-state index contributed by atoms with van der Waals surface area (Å²) in [5.41, 5.74) is 1.74. The minimum Gasteiger partial charge on any atom is -0.365 e. The zero-order chi connectivity index (χ0) is 14.8. The second kappa shape index (κ2) is 6.20. The number of ether oxygens (including phenoxy) is 1. The van der Waals surface area contributed by atoms with E-state index >= 15 is 0 Å². The molecule has 1 N–H and O–H groups in total. The molecule has 2 fully saturated rings. The van der Waals surface area contributed by atoms with E-state index in [0.717, 1.165) is 36.4 Å². The van der Waals surface area contributed by atoms with Gasteiger partial charge >= 0.3 is 0 Å². The van der Waals surface area contributed by atoms with Crippen LogP contribution in [0.5, 0.6) is 0 Å². The molecule has 0 radical (unpaired) electrons. The largest absolute Gasteiger partial charge is 0.365 e. The van der Waals surface area contributed by atoms with E-state index in [1.165, 1.54) is 38.5 Å². The van der Waals surface area contributed by atoms with Crippen LogP contribution in [-0.4, -0.2) is 32.2 Å². The van der Waals surface area contributed by atoms with Crippen molar-refractivity contribution in [3.63, 3.8) is 0 Å². The van der Waals surface area contributed by atoms with Gasteiger partial charge in [-0.15, -0.1) is 0 Å². The third-order valence-corrected chi connectivity index (χ3v) is 4.77. The average molecular weight is 301 g/mol. The van der Waals surface area contributed by atoms with Crippen LogP contribution in [0.1, 0.15) is 57.6 Å². The van der Waals surface area contributed by atoms with Crippen molar-refractivity contribution < 1.29 is 4.74 Å². The van der Waals surface area contributed by atoms with Crippen LogP contribution in [0.15, 0.2) is 12.7 Å². The van der Waals surface area contributed by atoms with Crippen LogP contribution >= 0.6 is 0 Å². The molecular weight excluding hydrogens is 278 g/mol. The number of anilines is 1. The number of imidazole rings is 1.